The maximum absolute atomic E-state index is 14.2. The van der Waals surface area contributed by atoms with Gasteiger partial charge in [0.25, 0.3) is 0 Å². The first kappa shape index (κ1) is 14.1. The average molecular weight is 334 g/mol. The summed E-state index contributed by atoms with van der Waals surface area (Å²) in [6.07, 6.45) is -0.0126. The first-order valence-corrected chi connectivity index (χ1v) is 6.55. The number of hydrogen-bond acceptors (Lipinski definition) is 4. The van der Waals surface area contributed by atoms with Crippen molar-refractivity contribution in [1.29, 1.82) is 0 Å². The van der Waals surface area contributed by atoms with Crippen LogP contribution in [0.2, 0.25) is 0 Å². The Morgan fingerprint density at radius 2 is 2.21 bits per heavy atom. The summed E-state index contributed by atoms with van der Waals surface area (Å²) in [7, 11) is 0. The molecule has 0 amide bonds. The molecular weight excluding hydrogens is 321 g/mol. The molecule has 1 unspecified atom stereocenters. The van der Waals surface area contributed by atoms with E-state index in [2.05, 4.69) is 15.9 Å². The molecule has 0 fully saturated rings. The first-order valence-electron chi connectivity index (χ1n) is 5.75. The van der Waals surface area contributed by atoms with Crippen molar-refractivity contribution >= 4 is 21.9 Å². The van der Waals surface area contributed by atoms with Gasteiger partial charge in [-0.2, -0.15) is 0 Å². The molecule has 1 heterocycles. The summed E-state index contributed by atoms with van der Waals surface area (Å²) >= 11 is 3.09. The van der Waals surface area contributed by atoms with E-state index in [9.17, 15) is 9.18 Å². The Labute approximate surface area is 117 Å². The number of aliphatic carboxylic acids is 1. The molecule has 0 aliphatic carbocycles. The largest absolute Gasteiger partial charge is 0.486 e. The summed E-state index contributed by atoms with van der Waals surface area (Å²) < 4.78 is 25.2. The summed E-state index contributed by atoms with van der Waals surface area (Å²) in [6, 6.07) is 0.723. The van der Waals surface area contributed by atoms with Crippen molar-refractivity contribution in [2.24, 2.45) is 5.73 Å². The summed E-state index contributed by atoms with van der Waals surface area (Å²) in [4.78, 5) is 10.6. The van der Waals surface area contributed by atoms with Crippen LogP contribution in [0.4, 0.5) is 4.39 Å². The number of halogens is 2. The van der Waals surface area contributed by atoms with Crippen LogP contribution in [0.15, 0.2) is 10.5 Å². The SMILES string of the molecule is NC(CCC(=O)O)c1c(F)c(Br)cc2c1OCCO2. The average Bonchev–Trinajstić information content (AvgIpc) is 2.37. The third kappa shape index (κ3) is 2.98. The van der Waals surface area contributed by atoms with Gasteiger partial charge in [0.05, 0.1) is 10.0 Å². The zero-order chi connectivity index (χ0) is 14.0. The molecule has 104 valence electrons. The molecule has 1 aromatic carbocycles. The monoisotopic (exact) mass is 333 g/mol. The van der Waals surface area contributed by atoms with Crippen LogP contribution in [0.25, 0.3) is 0 Å². The van der Waals surface area contributed by atoms with Crippen LogP contribution < -0.4 is 15.2 Å². The molecule has 0 aromatic heterocycles. The number of nitrogens with two attached hydrogens (primary N) is 1. The van der Waals surface area contributed by atoms with Crippen LogP contribution in [-0.4, -0.2) is 24.3 Å². The summed E-state index contributed by atoms with van der Waals surface area (Å²) in [6.45, 7) is 0.696. The van der Waals surface area contributed by atoms with Crippen LogP contribution in [0, 0.1) is 5.82 Å². The van der Waals surface area contributed by atoms with Crippen molar-refractivity contribution in [2.45, 2.75) is 18.9 Å². The van der Waals surface area contributed by atoms with Gasteiger partial charge in [0.15, 0.2) is 11.5 Å². The minimum atomic E-state index is -0.975. The van der Waals surface area contributed by atoms with E-state index < -0.39 is 17.8 Å². The maximum Gasteiger partial charge on any atom is 0.303 e. The Bertz CT molecular complexity index is 509. The standard InChI is InChI=1S/C12H13BrFNO4/c13-6-5-8-12(19-4-3-18-8)10(11(6)14)7(15)1-2-9(16)17/h5,7H,1-4,15H2,(H,16,17). The molecule has 0 bridgehead atoms. The molecule has 7 heteroatoms. The minimum Gasteiger partial charge on any atom is -0.486 e. The smallest absolute Gasteiger partial charge is 0.303 e. The lowest BCUT2D eigenvalue weighted by Gasteiger charge is -2.24. The topological polar surface area (TPSA) is 81.8 Å². The van der Waals surface area contributed by atoms with Crippen LogP contribution in [-0.2, 0) is 4.79 Å². The quantitative estimate of drug-likeness (QED) is 0.882. The Kier molecular flexibility index (Phi) is 4.26. The van der Waals surface area contributed by atoms with Crippen molar-refractivity contribution < 1.29 is 23.8 Å². The molecule has 2 rings (SSSR count). The fourth-order valence-corrected chi connectivity index (χ4v) is 2.33. The highest BCUT2D eigenvalue weighted by atomic mass is 79.9. The second-order valence-electron chi connectivity index (χ2n) is 4.15. The number of carbonyl (C=O) groups is 1. The van der Waals surface area contributed by atoms with Gasteiger partial charge in [-0.05, 0) is 22.4 Å². The van der Waals surface area contributed by atoms with E-state index in [0.29, 0.717) is 19.0 Å². The third-order valence-electron chi connectivity index (χ3n) is 2.80. The molecule has 1 aliphatic heterocycles. The zero-order valence-electron chi connectivity index (χ0n) is 9.99. The van der Waals surface area contributed by atoms with E-state index in [4.69, 9.17) is 20.3 Å². The zero-order valence-corrected chi connectivity index (χ0v) is 11.6. The molecule has 0 saturated heterocycles. The number of carboxylic acid groups (broad SMARTS) is 1. The number of benzene rings is 1. The van der Waals surface area contributed by atoms with Crippen LogP contribution in [0.3, 0.4) is 0 Å². The van der Waals surface area contributed by atoms with Crippen LogP contribution in [0.5, 0.6) is 11.5 Å². The fourth-order valence-electron chi connectivity index (χ4n) is 1.91. The second-order valence-corrected chi connectivity index (χ2v) is 5.00. The third-order valence-corrected chi connectivity index (χ3v) is 3.38. The van der Waals surface area contributed by atoms with Crippen molar-refractivity contribution in [2.75, 3.05) is 13.2 Å². The van der Waals surface area contributed by atoms with Crippen molar-refractivity contribution in [3.63, 3.8) is 0 Å². The molecular formula is C12H13BrFNO4. The second kappa shape index (κ2) is 5.75. The first-order chi connectivity index (χ1) is 9.00. The molecule has 1 atom stereocenters. The van der Waals surface area contributed by atoms with Crippen molar-refractivity contribution in [3.05, 3.63) is 21.9 Å². The Morgan fingerprint density at radius 1 is 1.53 bits per heavy atom. The number of hydrogen-bond donors (Lipinski definition) is 2. The molecule has 3 N–H and O–H groups in total. The molecule has 19 heavy (non-hydrogen) atoms. The van der Waals surface area contributed by atoms with Crippen molar-refractivity contribution in [1.82, 2.24) is 0 Å². The van der Waals surface area contributed by atoms with Gasteiger partial charge < -0.3 is 20.3 Å². The highest BCUT2D eigenvalue weighted by Gasteiger charge is 2.26. The van der Waals surface area contributed by atoms with E-state index in [1.807, 2.05) is 0 Å². The van der Waals surface area contributed by atoms with E-state index in [1.54, 1.807) is 0 Å². The summed E-state index contributed by atoms with van der Waals surface area (Å²) in [5.74, 6) is -0.829. The number of fused-ring (bicyclic) bond motifs is 1. The van der Waals surface area contributed by atoms with Crippen molar-refractivity contribution in [3.8, 4) is 11.5 Å². The Morgan fingerprint density at radius 3 is 2.89 bits per heavy atom. The molecule has 1 aromatic rings. The molecule has 0 radical (unpaired) electrons. The van der Waals surface area contributed by atoms with Gasteiger partial charge >= 0.3 is 5.97 Å². The molecule has 0 spiro atoms. The molecule has 5 nitrogen and oxygen atoms in total. The highest BCUT2D eigenvalue weighted by molar-refractivity contribution is 9.10. The highest BCUT2D eigenvalue weighted by Crippen LogP contribution is 2.42. The van der Waals surface area contributed by atoms with E-state index >= 15 is 0 Å². The maximum atomic E-state index is 14.2. The van der Waals surface area contributed by atoms with E-state index in [1.165, 1.54) is 6.07 Å². The van der Waals surface area contributed by atoms with Gasteiger partial charge in [0.1, 0.15) is 19.0 Å². The normalized spacial score (nSPS) is 15.1. The summed E-state index contributed by atoms with van der Waals surface area (Å²) in [5.41, 5.74) is 6.04. The van der Waals surface area contributed by atoms with Gasteiger partial charge in [-0.25, -0.2) is 4.39 Å². The fraction of sp³-hybridized carbons (Fsp3) is 0.417. The Hall–Kier alpha value is -1.34. The molecule has 1 aliphatic rings. The van der Waals surface area contributed by atoms with Gasteiger partial charge in [-0.3, -0.25) is 4.79 Å². The summed E-state index contributed by atoms with van der Waals surface area (Å²) in [5, 5.41) is 8.66. The van der Waals surface area contributed by atoms with Crippen LogP contribution in [0.1, 0.15) is 24.4 Å². The lowest BCUT2D eigenvalue weighted by atomic mass is 10.0. The van der Waals surface area contributed by atoms with Gasteiger partial charge in [-0.1, -0.05) is 0 Å². The Balaban J connectivity index is 2.37. The lowest BCUT2D eigenvalue weighted by molar-refractivity contribution is -0.137. The number of carboxylic acids is 1. The molecule has 0 saturated carbocycles. The van der Waals surface area contributed by atoms with Gasteiger partial charge in [-0.15, -0.1) is 0 Å². The van der Waals surface area contributed by atoms with Gasteiger partial charge in [0, 0.05) is 18.5 Å². The predicted octanol–water partition coefficient (Wildman–Crippen LogP) is 2.22. The lowest BCUT2D eigenvalue weighted by Crippen LogP contribution is -2.21. The van der Waals surface area contributed by atoms with Crippen LogP contribution >= 0.6 is 15.9 Å². The van der Waals surface area contributed by atoms with Gasteiger partial charge in [0.2, 0.25) is 0 Å². The predicted molar refractivity (Wildman–Crippen MR) is 68.9 cm³/mol. The van der Waals surface area contributed by atoms with E-state index in [0.717, 1.165) is 0 Å². The minimum absolute atomic E-state index is 0.124. The number of rotatable bonds is 4. The van der Waals surface area contributed by atoms with E-state index in [-0.39, 0.29) is 28.6 Å². The number of ether oxygens (including phenoxy) is 2.